The molecule has 0 aliphatic carbocycles. The maximum atomic E-state index is 12.2. The number of pyridine rings is 1. The first-order valence-corrected chi connectivity index (χ1v) is 6.52. The lowest BCUT2D eigenvalue weighted by atomic mass is 10.2. The summed E-state index contributed by atoms with van der Waals surface area (Å²) in [5.41, 5.74) is 0.354. The lowest BCUT2D eigenvalue weighted by Crippen LogP contribution is -2.13. The summed E-state index contributed by atoms with van der Waals surface area (Å²) in [4.78, 5) is 16.1. The molecule has 22 heavy (non-hydrogen) atoms. The quantitative estimate of drug-likeness (QED) is 0.802. The van der Waals surface area contributed by atoms with Crippen LogP contribution < -0.4 is 14.8 Å². The van der Waals surface area contributed by atoms with Crippen molar-refractivity contribution >= 4 is 11.7 Å². The Bertz CT molecular complexity index is 686. The molecule has 6 heteroatoms. The number of rotatable bonds is 6. The second kappa shape index (κ2) is 7.12. The van der Waals surface area contributed by atoms with Gasteiger partial charge in [0.1, 0.15) is 6.61 Å². The van der Waals surface area contributed by atoms with Gasteiger partial charge >= 0.3 is 0 Å². The minimum absolute atomic E-state index is 0.0958. The van der Waals surface area contributed by atoms with Crippen molar-refractivity contribution in [1.29, 1.82) is 0 Å². The number of aromatic nitrogens is 1. The van der Waals surface area contributed by atoms with Crippen molar-refractivity contribution in [3.63, 3.8) is 0 Å². The number of hydrogen-bond acceptors (Lipinski definition) is 5. The number of benzene rings is 1. The first kappa shape index (κ1) is 15.4. The van der Waals surface area contributed by atoms with Gasteiger partial charge in [-0.3, -0.25) is 4.79 Å². The highest BCUT2D eigenvalue weighted by molar-refractivity contribution is 6.04. The lowest BCUT2D eigenvalue weighted by molar-refractivity contribution is 0.102. The first-order chi connectivity index (χ1) is 10.7. The number of ether oxygens (including phenoxy) is 2. The smallest absolute Gasteiger partial charge is 0.257 e. The van der Waals surface area contributed by atoms with Crippen molar-refractivity contribution in [2.45, 2.75) is 0 Å². The fourth-order valence-corrected chi connectivity index (χ4v) is 1.75. The average molecular weight is 300 g/mol. The highest BCUT2D eigenvalue weighted by Gasteiger charge is 2.13. The molecule has 0 saturated carbocycles. The van der Waals surface area contributed by atoms with Gasteiger partial charge in [-0.2, -0.15) is 0 Å². The van der Waals surface area contributed by atoms with E-state index in [9.17, 15) is 9.90 Å². The summed E-state index contributed by atoms with van der Waals surface area (Å²) in [5, 5.41) is 12.1. The van der Waals surface area contributed by atoms with E-state index in [1.807, 2.05) is 0 Å². The van der Waals surface area contributed by atoms with E-state index in [1.165, 1.54) is 19.4 Å². The van der Waals surface area contributed by atoms with E-state index in [4.69, 9.17) is 9.47 Å². The summed E-state index contributed by atoms with van der Waals surface area (Å²) in [7, 11) is 1.49. The van der Waals surface area contributed by atoms with E-state index < -0.39 is 5.91 Å². The Morgan fingerprint density at radius 2 is 2.23 bits per heavy atom. The third-order valence-electron chi connectivity index (χ3n) is 2.80. The minimum atomic E-state index is -0.414. The van der Waals surface area contributed by atoms with Gasteiger partial charge in [0.2, 0.25) is 0 Å². The predicted molar refractivity (Wildman–Crippen MR) is 82.5 cm³/mol. The molecular weight excluding hydrogens is 284 g/mol. The average Bonchev–Trinajstić information content (AvgIpc) is 2.54. The topological polar surface area (TPSA) is 80.7 Å². The Morgan fingerprint density at radius 1 is 1.41 bits per heavy atom. The number of aromatic hydroxyl groups is 1. The zero-order valence-corrected chi connectivity index (χ0v) is 12.1. The normalized spacial score (nSPS) is 9.86. The van der Waals surface area contributed by atoms with Crippen molar-refractivity contribution in [3.8, 4) is 17.2 Å². The van der Waals surface area contributed by atoms with Gasteiger partial charge in [0.15, 0.2) is 23.1 Å². The molecule has 0 bridgehead atoms. The molecule has 0 saturated heterocycles. The molecule has 2 aromatic rings. The summed E-state index contributed by atoms with van der Waals surface area (Å²) in [5.74, 6) is 0.522. The number of nitrogens with one attached hydrogen (secondary N) is 1. The molecule has 1 amide bonds. The Balaban J connectivity index is 2.19. The molecule has 2 rings (SSSR count). The third-order valence-corrected chi connectivity index (χ3v) is 2.80. The lowest BCUT2D eigenvalue weighted by Gasteiger charge is -2.11. The van der Waals surface area contributed by atoms with Gasteiger partial charge in [-0.05, 0) is 30.3 Å². The Labute approximate surface area is 128 Å². The molecule has 0 spiro atoms. The number of amides is 1. The van der Waals surface area contributed by atoms with Crippen molar-refractivity contribution in [3.05, 3.63) is 54.7 Å². The zero-order chi connectivity index (χ0) is 15.9. The van der Waals surface area contributed by atoms with Crippen LogP contribution in [0.15, 0.2) is 49.2 Å². The molecule has 1 aromatic carbocycles. The Morgan fingerprint density at radius 3 is 2.91 bits per heavy atom. The molecule has 0 aliphatic rings. The van der Waals surface area contributed by atoms with Gasteiger partial charge < -0.3 is 19.9 Å². The van der Waals surface area contributed by atoms with E-state index >= 15 is 0 Å². The molecule has 0 unspecified atom stereocenters. The van der Waals surface area contributed by atoms with Crippen molar-refractivity contribution < 1.29 is 19.4 Å². The van der Waals surface area contributed by atoms with Crippen molar-refractivity contribution in [2.24, 2.45) is 0 Å². The van der Waals surface area contributed by atoms with Gasteiger partial charge in [-0.1, -0.05) is 12.7 Å². The fourth-order valence-electron chi connectivity index (χ4n) is 1.75. The standard InChI is InChI=1S/C16H16N2O4/c1-3-9-22-13-7-6-11(10-14(13)21-2)16(20)18-15-12(19)5-4-8-17-15/h3-8,10,19H,1,9H2,2H3,(H,17,18,20). The molecule has 1 heterocycles. The van der Waals surface area contributed by atoms with E-state index in [2.05, 4.69) is 16.9 Å². The van der Waals surface area contributed by atoms with Gasteiger partial charge in [-0.15, -0.1) is 0 Å². The summed E-state index contributed by atoms with van der Waals surface area (Å²) >= 11 is 0. The highest BCUT2D eigenvalue weighted by Crippen LogP contribution is 2.28. The van der Waals surface area contributed by atoms with E-state index in [0.717, 1.165) is 0 Å². The number of hydrogen-bond donors (Lipinski definition) is 2. The third kappa shape index (κ3) is 3.54. The number of anilines is 1. The number of carbonyl (C=O) groups excluding carboxylic acids is 1. The van der Waals surface area contributed by atoms with E-state index in [1.54, 1.807) is 30.3 Å². The van der Waals surface area contributed by atoms with Crippen molar-refractivity contribution in [1.82, 2.24) is 4.98 Å². The van der Waals surface area contributed by atoms with Crippen LogP contribution in [0, 0.1) is 0 Å². The molecule has 0 fully saturated rings. The van der Waals surface area contributed by atoms with Crippen LogP contribution >= 0.6 is 0 Å². The monoisotopic (exact) mass is 300 g/mol. The van der Waals surface area contributed by atoms with Crippen LogP contribution in [-0.4, -0.2) is 29.7 Å². The van der Waals surface area contributed by atoms with Crippen LogP contribution in [0.25, 0.3) is 0 Å². The summed E-state index contributed by atoms with van der Waals surface area (Å²) < 4.78 is 10.6. The molecule has 0 radical (unpaired) electrons. The molecule has 6 nitrogen and oxygen atoms in total. The molecular formula is C16H16N2O4. The first-order valence-electron chi connectivity index (χ1n) is 6.52. The van der Waals surface area contributed by atoms with Crippen LogP contribution in [0.1, 0.15) is 10.4 Å². The minimum Gasteiger partial charge on any atom is -0.504 e. The second-order valence-corrected chi connectivity index (χ2v) is 4.29. The fraction of sp³-hybridized carbons (Fsp3) is 0.125. The van der Waals surface area contributed by atoms with Gasteiger partial charge in [0, 0.05) is 11.8 Å². The van der Waals surface area contributed by atoms with Gasteiger partial charge in [0.05, 0.1) is 7.11 Å². The van der Waals surface area contributed by atoms with E-state index in [-0.39, 0.29) is 11.6 Å². The summed E-state index contributed by atoms with van der Waals surface area (Å²) in [6.07, 6.45) is 3.09. The maximum absolute atomic E-state index is 12.2. The molecule has 0 aliphatic heterocycles. The number of nitrogens with zero attached hydrogens (tertiary/aromatic N) is 1. The van der Waals surface area contributed by atoms with Crippen LogP contribution in [-0.2, 0) is 0 Å². The maximum Gasteiger partial charge on any atom is 0.257 e. The SMILES string of the molecule is C=CCOc1ccc(C(=O)Nc2ncccc2O)cc1OC. The number of methoxy groups -OCH3 is 1. The summed E-state index contributed by atoms with van der Waals surface area (Å²) in [6, 6.07) is 7.79. The molecule has 1 aromatic heterocycles. The van der Waals surface area contributed by atoms with Crippen LogP contribution in [0.3, 0.4) is 0 Å². The molecule has 0 atom stereocenters. The summed E-state index contributed by atoms with van der Waals surface area (Å²) in [6.45, 7) is 3.91. The van der Waals surface area contributed by atoms with Crippen LogP contribution in [0.4, 0.5) is 5.82 Å². The Hall–Kier alpha value is -3.02. The molecule has 2 N–H and O–H groups in total. The predicted octanol–water partition coefficient (Wildman–Crippen LogP) is 2.61. The van der Waals surface area contributed by atoms with Crippen LogP contribution in [0.5, 0.6) is 17.2 Å². The van der Waals surface area contributed by atoms with Crippen molar-refractivity contribution in [2.75, 3.05) is 19.0 Å². The van der Waals surface area contributed by atoms with Crippen LogP contribution in [0.2, 0.25) is 0 Å². The Kier molecular flexibility index (Phi) is 4.98. The largest absolute Gasteiger partial charge is 0.504 e. The highest BCUT2D eigenvalue weighted by atomic mass is 16.5. The molecule has 114 valence electrons. The van der Waals surface area contributed by atoms with Gasteiger partial charge in [0.25, 0.3) is 5.91 Å². The number of carbonyl (C=O) groups is 1. The van der Waals surface area contributed by atoms with E-state index in [0.29, 0.717) is 23.7 Å². The van der Waals surface area contributed by atoms with Gasteiger partial charge in [-0.25, -0.2) is 4.98 Å². The zero-order valence-electron chi connectivity index (χ0n) is 12.1. The second-order valence-electron chi connectivity index (χ2n) is 4.29.